The van der Waals surface area contributed by atoms with E-state index in [1.165, 1.54) is 5.57 Å². The number of ether oxygens (including phenoxy) is 1. The quantitative estimate of drug-likeness (QED) is 0.396. The Morgan fingerprint density at radius 3 is 2.83 bits per heavy atom. The molecule has 1 nitrogen and oxygen atoms in total. The van der Waals surface area contributed by atoms with Gasteiger partial charge in [-0.25, -0.2) is 0 Å². The van der Waals surface area contributed by atoms with Gasteiger partial charge in [0.25, 0.3) is 0 Å². The first-order valence-electron chi connectivity index (χ1n) is 4.49. The van der Waals surface area contributed by atoms with Crippen molar-refractivity contribution in [3.05, 3.63) is 24.3 Å². The Balaban J connectivity index is 2.29. The molecule has 0 N–H and O–H groups in total. The molecule has 1 heteroatoms. The molecule has 1 saturated heterocycles. The number of allylic oxidation sites excluding steroid dienone is 1. The minimum absolute atomic E-state index is 0.0374. The highest BCUT2D eigenvalue weighted by molar-refractivity contribution is 5.32. The first-order chi connectivity index (χ1) is 5.44. The van der Waals surface area contributed by atoms with E-state index in [0.717, 1.165) is 6.42 Å². The number of epoxide rings is 1. The highest BCUT2D eigenvalue weighted by Gasteiger charge is 2.54. The summed E-state index contributed by atoms with van der Waals surface area (Å²) in [6.07, 6.45) is 5.77. The van der Waals surface area contributed by atoms with E-state index in [1.807, 2.05) is 0 Å². The van der Waals surface area contributed by atoms with Crippen molar-refractivity contribution in [3.8, 4) is 0 Å². The summed E-state index contributed by atoms with van der Waals surface area (Å²) in [6.45, 7) is 10.7. The van der Waals surface area contributed by atoms with Crippen molar-refractivity contribution in [2.24, 2.45) is 5.41 Å². The fourth-order valence-corrected chi connectivity index (χ4v) is 1.87. The van der Waals surface area contributed by atoms with Gasteiger partial charge >= 0.3 is 0 Å². The van der Waals surface area contributed by atoms with Gasteiger partial charge in [-0.3, -0.25) is 0 Å². The average molecular weight is 164 g/mol. The van der Waals surface area contributed by atoms with Crippen molar-refractivity contribution < 1.29 is 4.74 Å². The van der Waals surface area contributed by atoms with Crippen molar-refractivity contribution in [2.45, 2.75) is 38.9 Å². The Morgan fingerprint density at radius 1 is 1.50 bits per heavy atom. The molecule has 12 heavy (non-hydrogen) atoms. The summed E-state index contributed by atoms with van der Waals surface area (Å²) in [5.41, 5.74) is 1.46. The molecule has 0 radical (unpaired) electrons. The fourth-order valence-electron chi connectivity index (χ4n) is 1.87. The molecule has 0 aromatic rings. The average Bonchev–Trinajstić information content (AvgIpc) is 2.58. The lowest BCUT2D eigenvalue weighted by Gasteiger charge is -2.21. The number of hydrogen-bond acceptors (Lipinski definition) is 1. The third-order valence-corrected chi connectivity index (χ3v) is 2.95. The molecule has 2 unspecified atom stereocenters. The summed E-state index contributed by atoms with van der Waals surface area (Å²) in [6, 6.07) is 0. The van der Waals surface area contributed by atoms with E-state index in [9.17, 15) is 0 Å². The Labute approximate surface area is 74.1 Å². The summed E-state index contributed by atoms with van der Waals surface area (Å²) in [7, 11) is 0. The third kappa shape index (κ3) is 1.04. The topological polar surface area (TPSA) is 12.5 Å². The van der Waals surface area contributed by atoms with Crippen LogP contribution >= 0.6 is 0 Å². The molecule has 0 saturated carbocycles. The summed E-state index contributed by atoms with van der Waals surface area (Å²) >= 11 is 0. The van der Waals surface area contributed by atoms with E-state index in [1.54, 1.807) is 0 Å². The first-order valence-corrected chi connectivity index (χ1v) is 4.49. The molecular formula is C11H16O. The van der Waals surface area contributed by atoms with Gasteiger partial charge in [0.1, 0.15) is 11.7 Å². The standard InChI is InChI=1S/C11H16O/c1-8-7-10(2,3)6-5-9-11(8,4)12-9/h5-6,9H,1,7H2,2-4H3. The van der Waals surface area contributed by atoms with E-state index >= 15 is 0 Å². The Bertz CT molecular complexity index is 262. The normalized spacial score (nSPS) is 43.6. The molecule has 0 spiro atoms. The molecule has 0 aromatic carbocycles. The fraction of sp³-hybridized carbons (Fsp3) is 0.636. The van der Waals surface area contributed by atoms with Crippen LogP contribution in [-0.4, -0.2) is 11.7 Å². The second-order valence-corrected chi connectivity index (χ2v) is 4.77. The molecule has 0 bridgehead atoms. The second kappa shape index (κ2) is 2.02. The highest BCUT2D eigenvalue weighted by Crippen LogP contribution is 2.49. The molecule has 2 aliphatic rings. The largest absolute Gasteiger partial charge is 0.357 e. The number of rotatable bonds is 0. The van der Waals surface area contributed by atoms with Gasteiger partial charge in [-0.2, -0.15) is 0 Å². The van der Waals surface area contributed by atoms with Crippen LogP contribution in [0.2, 0.25) is 0 Å². The maximum absolute atomic E-state index is 5.56. The molecule has 1 aliphatic carbocycles. The van der Waals surface area contributed by atoms with Crippen molar-refractivity contribution in [1.29, 1.82) is 0 Å². The lowest BCUT2D eigenvalue weighted by molar-refractivity contribution is 0.321. The van der Waals surface area contributed by atoms with Crippen LogP contribution in [0, 0.1) is 5.41 Å². The van der Waals surface area contributed by atoms with Crippen LogP contribution in [0.4, 0.5) is 0 Å². The van der Waals surface area contributed by atoms with Gasteiger partial charge in [0, 0.05) is 0 Å². The van der Waals surface area contributed by atoms with Crippen LogP contribution in [0.3, 0.4) is 0 Å². The van der Waals surface area contributed by atoms with Crippen molar-refractivity contribution >= 4 is 0 Å². The number of fused-ring (bicyclic) bond motifs is 1. The van der Waals surface area contributed by atoms with E-state index < -0.39 is 0 Å². The monoisotopic (exact) mass is 164 g/mol. The van der Waals surface area contributed by atoms with Crippen molar-refractivity contribution in [3.63, 3.8) is 0 Å². The predicted molar refractivity (Wildman–Crippen MR) is 50.0 cm³/mol. The SMILES string of the molecule is C=C1CC(C)(C)C=CC2OC12C. The summed E-state index contributed by atoms with van der Waals surface area (Å²) < 4.78 is 5.56. The van der Waals surface area contributed by atoms with E-state index in [-0.39, 0.29) is 11.0 Å². The summed E-state index contributed by atoms with van der Waals surface area (Å²) in [5.74, 6) is 0. The van der Waals surface area contributed by atoms with Crippen LogP contribution < -0.4 is 0 Å². The lowest BCUT2D eigenvalue weighted by atomic mass is 9.84. The predicted octanol–water partition coefficient (Wildman–Crippen LogP) is 2.69. The zero-order valence-electron chi connectivity index (χ0n) is 8.05. The highest BCUT2D eigenvalue weighted by atomic mass is 16.6. The summed E-state index contributed by atoms with van der Waals surface area (Å²) in [4.78, 5) is 0. The molecule has 1 heterocycles. The lowest BCUT2D eigenvalue weighted by Crippen LogP contribution is -2.15. The van der Waals surface area contributed by atoms with Crippen LogP contribution in [0.5, 0.6) is 0 Å². The summed E-state index contributed by atoms with van der Waals surface area (Å²) in [5, 5.41) is 0. The maximum Gasteiger partial charge on any atom is 0.117 e. The second-order valence-electron chi connectivity index (χ2n) is 4.77. The van der Waals surface area contributed by atoms with E-state index in [2.05, 4.69) is 39.5 Å². The van der Waals surface area contributed by atoms with Crippen LogP contribution in [0.25, 0.3) is 0 Å². The molecule has 1 fully saturated rings. The van der Waals surface area contributed by atoms with Gasteiger partial charge in [-0.15, -0.1) is 0 Å². The Kier molecular flexibility index (Phi) is 1.36. The Morgan fingerprint density at radius 2 is 2.17 bits per heavy atom. The van der Waals surface area contributed by atoms with Crippen LogP contribution in [-0.2, 0) is 4.74 Å². The molecule has 0 amide bonds. The minimum Gasteiger partial charge on any atom is -0.357 e. The van der Waals surface area contributed by atoms with Gasteiger partial charge in [0.15, 0.2) is 0 Å². The smallest absolute Gasteiger partial charge is 0.117 e. The first kappa shape index (κ1) is 8.06. The van der Waals surface area contributed by atoms with E-state index in [4.69, 9.17) is 4.74 Å². The van der Waals surface area contributed by atoms with Crippen molar-refractivity contribution in [1.82, 2.24) is 0 Å². The molecule has 1 aliphatic heterocycles. The zero-order chi connectivity index (χ0) is 8.98. The van der Waals surface area contributed by atoms with Crippen LogP contribution in [0.1, 0.15) is 27.2 Å². The molecule has 2 atom stereocenters. The molecule has 2 rings (SSSR count). The molecule has 0 aromatic heterocycles. The molecule has 66 valence electrons. The number of hydrogen-bond donors (Lipinski definition) is 0. The van der Waals surface area contributed by atoms with Crippen LogP contribution in [0.15, 0.2) is 24.3 Å². The minimum atomic E-state index is -0.0374. The third-order valence-electron chi connectivity index (χ3n) is 2.95. The zero-order valence-corrected chi connectivity index (χ0v) is 8.05. The van der Waals surface area contributed by atoms with Gasteiger partial charge < -0.3 is 4.74 Å². The van der Waals surface area contributed by atoms with Crippen molar-refractivity contribution in [2.75, 3.05) is 0 Å². The van der Waals surface area contributed by atoms with Gasteiger partial charge in [-0.05, 0) is 24.3 Å². The molecular weight excluding hydrogens is 148 g/mol. The Hall–Kier alpha value is -0.560. The maximum atomic E-state index is 5.56. The van der Waals surface area contributed by atoms with E-state index in [0.29, 0.717) is 6.10 Å². The van der Waals surface area contributed by atoms with Gasteiger partial charge in [-0.1, -0.05) is 32.6 Å². The van der Waals surface area contributed by atoms with Gasteiger partial charge in [0.2, 0.25) is 0 Å². The van der Waals surface area contributed by atoms with Gasteiger partial charge in [0.05, 0.1) is 0 Å².